The minimum absolute atomic E-state index is 0.00195. The molecule has 76 heavy (non-hydrogen) atoms. The summed E-state index contributed by atoms with van der Waals surface area (Å²) in [6.45, 7) is 6.15. The number of hydrogen-bond donors (Lipinski definition) is 12. The molecule has 16 N–H and O–H groups in total. The average molecular weight is 1090 g/mol. The van der Waals surface area contributed by atoms with Gasteiger partial charge in [0.2, 0.25) is 23.3 Å². The lowest BCUT2D eigenvalue weighted by Crippen LogP contribution is -2.61. The Hall–Kier alpha value is -6.12. The molecule has 0 saturated carbocycles. The fraction of sp³-hybridized carbons (Fsp3) is 0.739. The number of carbonyl (C=O) groups is 6. The van der Waals surface area contributed by atoms with Crippen LogP contribution in [0.2, 0.25) is 0 Å². The highest BCUT2D eigenvalue weighted by atomic mass is 16.6. The van der Waals surface area contributed by atoms with Gasteiger partial charge in [0.05, 0.1) is 90.6 Å². The van der Waals surface area contributed by atoms with Crippen molar-refractivity contribution < 1.29 is 102 Å². The van der Waals surface area contributed by atoms with Crippen LogP contribution >= 0.6 is 0 Å². The van der Waals surface area contributed by atoms with Crippen molar-refractivity contribution in [2.45, 2.75) is 114 Å². The Bertz CT molecular complexity index is 1920. The molecule has 2 heterocycles. The molecule has 0 radical (unpaired) electrons. The van der Waals surface area contributed by atoms with E-state index in [4.69, 9.17) is 65.6 Å². The number of nitrogens with one attached hydrogen (secondary N) is 2. The van der Waals surface area contributed by atoms with Gasteiger partial charge in [0.15, 0.2) is 30.2 Å². The summed E-state index contributed by atoms with van der Waals surface area (Å²) in [4.78, 5) is 84.9. The number of carboxylic acids is 2. The third-order valence-corrected chi connectivity index (χ3v) is 11.2. The highest BCUT2D eigenvalue weighted by molar-refractivity contribution is 5.86. The van der Waals surface area contributed by atoms with E-state index in [1.165, 1.54) is 11.0 Å². The van der Waals surface area contributed by atoms with Gasteiger partial charge in [0.25, 0.3) is 0 Å². The second kappa shape index (κ2) is 36.8. The van der Waals surface area contributed by atoms with Gasteiger partial charge in [-0.25, -0.2) is 24.4 Å². The lowest BCUT2D eigenvalue weighted by Gasteiger charge is -2.39. The minimum Gasteiger partial charge on any atom is -0.479 e. The average Bonchev–Trinajstić information content (AvgIpc) is 3.36. The zero-order valence-electron chi connectivity index (χ0n) is 43.2. The molecule has 0 aliphatic carbocycles. The number of carbonyl (C=O) groups excluding carboxylic acids is 4. The van der Waals surface area contributed by atoms with Gasteiger partial charge in [-0.05, 0) is 37.8 Å². The predicted molar refractivity (Wildman–Crippen MR) is 266 cm³/mol. The van der Waals surface area contributed by atoms with E-state index >= 15 is 0 Å². The summed E-state index contributed by atoms with van der Waals surface area (Å²) in [5.41, 5.74) is 22.1. The molecular weight excluding hydrogens is 1010 g/mol. The Morgan fingerprint density at radius 2 is 1.18 bits per heavy atom. The molecule has 2 rings (SSSR count). The number of aliphatic carboxylic acids is 2. The maximum atomic E-state index is 13.4. The van der Waals surface area contributed by atoms with Crippen LogP contribution in [0.3, 0.4) is 0 Å². The summed E-state index contributed by atoms with van der Waals surface area (Å²) >= 11 is 0. The molecule has 0 aromatic rings. The molecule has 434 valence electrons. The SMILES string of the molecule is CCCOCCOCCOCCOCCC(=O)N(CCCCNC(=O)O[C@@H]([C@@H]1OC(C(=O)O)=C[C@H](N=C(N)N)[C@H]1NC(C)=O)[C@H](O)CO)CCOCCCC(=O)O[C@@H]([C@@H]1OC(C(=O)O)=C[C@H](N=C(N)N)[C@H]1C)[C@H](O)CO. The first-order valence-corrected chi connectivity index (χ1v) is 24.8. The number of aliphatic hydroxyl groups excluding tert-OH is 4. The van der Waals surface area contributed by atoms with E-state index < -0.39 is 121 Å². The number of esters is 1. The van der Waals surface area contributed by atoms with Crippen molar-refractivity contribution in [3.05, 3.63) is 23.7 Å². The fourth-order valence-electron chi connectivity index (χ4n) is 7.52. The van der Waals surface area contributed by atoms with Crippen LogP contribution in [-0.4, -0.2) is 237 Å². The van der Waals surface area contributed by atoms with Gasteiger partial charge >= 0.3 is 24.0 Å². The number of amides is 3. The van der Waals surface area contributed by atoms with Gasteiger partial charge in [-0.2, -0.15) is 0 Å². The highest BCUT2D eigenvalue weighted by Gasteiger charge is 2.47. The Labute approximate surface area is 440 Å². The lowest BCUT2D eigenvalue weighted by molar-refractivity contribution is -0.176. The van der Waals surface area contributed by atoms with Crippen LogP contribution in [0, 0.1) is 5.92 Å². The number of nitrogens with two attached hydrogens (primary N) is 4. The molecule has 10 atom stereocenters. The number of alkyl carbamates (subject to hydrolysis) is 1. The van der Waals surface area contributed by atoms with Crippen molar-refractivity contribution in [2.24, 2.45) is 38.8 Å². The molecule has 30 nitrogen and oxygen atoms in total. The second-order valence-corrected chi connectivity index (χ2v) is 17.3. The van der Waals surface area contributed by atoms with Gasteiger partial charge < -0.3 is 112 Å². The lowest BCUT2D eigenvalue weighted by atomic mass is 9.87. The number of unbranched alkanes of at least 4 members (excludes halogenated alkanes) is 1. The third kappa shape index (κ3) is 25.1. The minimum atomic E-state index is -1.84. The van der Waals surface area contributed by atoms with E-state index in [9.17, 15) is 59.4 Å². The number of carboxylic acid groups (broad SMARTS) is 2. The van der Waals surface area contributed by atoms with Crippen molar-refractivity contribution in [3.63, 3.8) is 0 Å². The van der Waals surface area contributed by atoms with E-state index in [0.717, 1.165) is 19.4 Å². The van der Waals surface area contributed by atoms with Gasteiger partial charge in [0.1, 0.15) is 18.3 Å². The number of guanidine groups is 2. The molecular formula is C46H79N9O21. The molecule has 0 bridgehead atoms. The normalized spacial score (nSPS) is 20.6. The topological polar surface area (TPSA) is 463 Å². The van der Waals surface area contributed by atoms with Crippen LogP contribution < -0.4 is 33.6 Å². The Morgan fingerprint density at radius 1 is 0.671 bits per heavy atom. The van der Waals surface area contributed by atoms with E-state index in [0.29, 0.717) is 39.5 Å². The molecule has 2 aliphatic heterocycles. The molecule has 2 aliphatic rings. The fourth-order valence-corrected chi connectivity index (χ4v) is 7.52. The van der Waals surface area contributed by atoms with Crippen LogP contribution in [0.25, 0.3) is 0 Å². The largest absolute Gasteiger partial charge is 0.479 e. The van der Waals surface area contributed by atoms with E-state index in [2.05, 4.69) is 20.6 Å². The second-order valence-electron chi connectivity index (χ2n) is 17.3. The van der Waals surface area contributed by atoms with Crippen molar-refractivity contribution in [1.82, 2.24) is 15.5 Å². The maximum Gasteiger partial charge on any atom is 0.407 e. The number of ether oxygens (including phenoxy) is 9. The van der Waals surface area contributed by atoms with E-state index in [1.54, 1.807) is 6.92 Å². The standard InChI is InChI=1S/C46H79N9O21/c1-4-13-68-17-19-71-21-22-72-20-18-70-15-9-35(61)55(12-16-69-14-7-8-36(62)75-39(31(59)25-56)38-27(2)29(53-44(47)48)23-33(73-38)42(63)64)11-6-5-10-51-46(67)76-40(32(60)26-57)41-37(52-28(3)58)30(54-45(49)50)24-34(74-41)43(65)66/h23-24,27,29-32,37-41,56-57,59-60H,4-22,25-26H2,1-3H3,(H,51,67)(H,52,58)(H,63,64)(H,65,66)(H4,47,48,53)(H4,49,50,54)/t27-,29+,30+,31-,32-,37-,38-,39-,40-,41-/m1/s1. The zero-order chi connectivity index (χ0) is 56.6. The third-order valence-electron chi connectivity index (χ3n) is 11.2. The Morgan fingerprint density at radius 3 is 1.72 bits per heavy atom. The molecule has 0 unspecified atom stereocenters. The zero-order valence-corrected chi connectivity index (χ0v) is 43.2. The quantitative estimate of drug-likeness (QED) is 0.0121. The first kappa shape index (κ1) is 66.0. The predicted octanol–water partition coefficient (Wildman–Crippen LogP) is -3.87. The Kier molecular flexibility index (Phi) is 31.9. The first-order valence-electron chi connectivity index (χ1n) is 24.8. The van der Waals surface area contributed by atoms with Gasteiger partial charge in [-0.3, -0.25) is 14.4 Å². The number of nitrogens with zero attached hydrogens (tertiary/aromatic N) is 3. The summed E-state index contributed by atoms with van der Waals surface area (Å²) in [7, 11) is 0. The van der Waals surface area contributed by atoms with Crippen LogP contribution in [0.1, 0.15) is 59.3 Å². The molecule has 0 aromatic heterocycles. The molecule has 0 aromatic carbocycles. The van der Waals surface area contributed by atoms with Crippen molar-refractivity contribution in [1.29, 1.82) is 0 Å². The van der Waals surface area contributed by atoms with E-state index in [-0.39, 0.29) is 90.2 Å². The van der Waals surface area contributed by atoms with Crippen molar-refractivity contribution in [2.75, 3.05) is 98.9 Å². The molecule has 0 spiro atoms. The highest BCUT2D eigenvalue weighted by Crippen LogP contribution is 2.31. The maximum absolute atomic E-state index is 13.4. The smallest absolute Gasteiger partial charge is 0.407 e. The first-order chi connectivity index (χ1) is 36.2. The number of hydrogen-bond acceptors (Lipinski definition) is 21. The number of rotatable bonds is 39. The molecule has 30 heteroatoms. The molecule has 0 saturated heterocycles. The summed E-state index contributed by atoms with van der Waals surface area (Å²) in [6.07, 6.45) is -7.14. The van der Waals surface area contributed by atoms with Crippen LogP contribution in [-0.2, 0) is 66.6 Å². The summed E-state index contributed by atoms with van der Waals surface area (Å²) < 4.78 is 49.7. The van der Waals surface area contributed by atoms with Crippen LogP contribution in [0.15, 0.2) is 33.7 Å². The summed E-state index contributed by atoms with van der Waals surface area (Å²) in [6, 6.07) is -3.45. The van der Waals surface area contributed by atoms with Crippen LogP contribution in [0.5, 0.6) is 0 Å². The van der Waals surface area contributed by atoms with Gasteiger partial charge in [-0.15, -0.1) is 0 Å². The summed E-state index contributed by atoms with van der Waals surface area (Å²) in [5, 5.41) is 65.2. The van der Waals surface area contributed by atoms with Crippen LogP contribution in [0.4, 0.5) is 4.79 Å². The van der Waals surface area contributed by atoms with Gasteiger partial charge in [-0.1, -0.05) is 13.8 Å². The monoisotopic (exact) mass is 1090 g/mol. The Balaban J connectivity index is 2.02. The molecule has 3 amide bonds. The van der Waals surface area contributed by atoms with E-state index in [1.807, 2.05) is 6.92 Å². The van der Waals surface area contributed by atoms with Gasteiger partial charge in [0, 0.05) is 52.1 Å². The van der Waals surface area contributed by atoms with Crippen molar-refractivity contribution >= 4 is 47.7 Å². The van der Waals surface area contributed by atoms with Crippen molar-refractivity contribution in [3.8, 4) is 0 Å². The summed E-state index contributed by atoms with van der Waals surface area (Å²) in [5.74, 6) is -7.53. The number of aliphatic hydroxyl groups is 4. The number of aliphatic imine (C=N–C) groups is 2. The molecule has 0 fully saturated rings.